The summed E-state index contributed by atoms with van der Waals surface area (Å²) in [6.45, 7) is 6.27. The van der Waals surface area contributed by atoms with Crippen molar-refractivity contribution in [3.63, 3.8) is 0 Å². The van der Waals surface area contributed by atoms with Crippen LogP contribution in [0.15, 0.2) is 0 Å². The molecule has 0 radical (unpaired) electrons. The Bertz CT molecular complexity index is 358. The average Bonchev–Trinajstić information content (AvgIpc) is 2.09. The smallest absolute Gasteiger partial charge is 0.391 e. The van der Waals surface area contributed by atoms with Crippen LogP contribution in [0, 0.1) is 11.3 Å². The van der Waals surface area contributed by atoms with Crippen molar-refractivity contribution in [2.45, 2.75) is 58.9 Å². The second-order valence-corrected chi connectivity index (χ2v) is 5.64. The van der Waals surface area contributed by atoms with Gasteiger partial charge in [0.1, 0.15) is 0 Å². The Morgan fingerprint density at radius 3 is 1.60 bits per heavy atom. The summed E-state index contributed by atoms with van der Waals surface area (Å²) in [7, 11) is 0. The summed E-state index contributed by atoms with van der Waals surface area (Å²) >= 11 is 0. The lowest BCUT2D eigenvalue weighted by molar-refractivity contribution is -0.233. The van der Waals surface area contributed by atoms with Gasteiger partial charge in [0.15, 0.2) is 5.41 Å². The Morgan fingerprint density at radius 1 is 1.00 bits per heavy atom. The van der Waals surface area contributed by atoms with Crippen molar-refractivity contribution in [2.75, 3.05) is 0 Å². The lowest BCUT2D eigenvalue weighted by Crippen LogP contribution is -2.55. The van der Waals surface area contributed by atoms with Gasteiger partial charge in [-0.1, -0.05) is 0 Å². The van der Waals surface area contributed by atoms with E-state index in [9.17, 15) is 22.8 Å². The van der Waals surface area contributed by atoms with Crippen LogP contribution in [-0.4, -0.2) is 30.3 Å². The van der Waals surface area contributed by atoms with Gasteiger partial charge >= 0.3 is 18.1 Å². The van der Waals surface area contributed by atoms with Crippen LogP contribution in [-0.2, 0) is 19.1 Å². The SMILES string of the molecule is CC(C)OC(=O)C1(C(=O)OC(C)C)CC(C(F)(F)F)C1. The molecular formula is C13H19F3O4. The van der Waals surface area contributed by atoms with E-state index < -0.39 is 54.5 Å². The molecule has 1 aliphatic carbocycles. The van der Waals surface area contributed by atoms with E-state index in [1.807, 2.05) is 0 Å². The fourth-order valence-electron chi connectivity index (χ4n) is 2.08. The van der Waals surface area contributed by atoms with E-state index in [2.05, 4.69) is 0 Å². The maximum Gasteiger partial charge on any atom is 0.391 e. The third-order valence-electron chi connectivity index (χ3n) is 3.12. The molecule has 0 spiro atoms. The van der Waals surface area contributed by atoms with Crippen molar-refractivity contribution in [1.29, 1.82) is 0 Å². The van der Waals surface area contributed by atoms with Gasteiger partial charge in [0, 0.05) is 0 Å². The standard InChI is InChI=1S/C13H19F3O4/c1-7(2)19-10(17)12(11(18)20-8(3)4)5-9(6-12)13(14,15)16/h7-9H,5-6H2,1-4H3. The maximum atomic E-state index is 12.6. The van der Waals surface area contributed by atoms with Crippen molar-refractivity contribution in [3.8, 4) is 0 Å². The van der Waals surface area contributed by atoms with Crippen molar-refractivity contribution < 1.29 is 32.2 Å². The summed E-state index contributed by atoms with van der Waals surface area (Å²) in [6.07, 6.45) is -6.63. The van der Waals surface area contributed by atoms with Crippen LogP contribution in [0.25, 0.3) is 0 Å². The second kappa shape index (κ2) is 5.61. The van der Waals surface area contributed by atoms with E-state index in [0.29, 0.717) is 0 Å². The highest BCUT2D eigenvalue weighted by Crippen LogP contribution is 2.54. The zero-order valence-electron chi connectivity index (χ0n) is 11.9. The zero-order valence-corrected chi connectivity index (χ0v) is 11.9. The molecule has 1 rings (SSSR count). The van der Waals surface area contributed by atoms with Crippen LogP contribution in [0.5, 0.6) is 0 Å². The number of esters is 2. The molecule has 1 aliphatic rings. The Morgan fingerprint density at radius 2 is 1.35 bits per heavy atom. The van der Waals surface area contributed by atoms with E-state index >= 15 is 0 Å². The number of ether oxygens (including phenoxy) is 2. The lowest BCUT2D eigenvalue weighted by atomic mass is 9.61. The van der Waals surface area contributed by atoms with Crippen molar-refractivity contribution in [2.24, 2.45) is 11.3 Å². The molecule has 0 amide bonds. The largest absolute Gasteiger partial charge is 0.462 e. The van der Waals surface area contributed by atoms with Gasteiger partial charge in [-0.2, -0.15) is 13.2 Å². The molecule has 0 saturated heterocycles. The average molecular weight is 296 g/mol. The first-order valence-electron chi connectivity index (χ1n) is 6.48. The molecule has 4 nitrogen and oxygen atoms in total. The van der Waals surface area contributed by atoms with Crippen LogP contribution in [0.4, 0.5) is 13.2 Å². The molecule has 1 fully saturated rings. The third-order valence-corrected chi connectivity index (χ3v) is 3.12. The number of alkyl halides is 3. The minimum absolute atomic E-state index is 0.504. The first kappa shape index (κ1) is 16.8. The highest BCUT2D eigenvalue weighted by molar-refractivity contribution is 6.01. The molecule has 0 N–H and O–H groups in total. The number of hydrogen-bond acceptors (Lipinski definition) is 4. The molecule has 0 atom stereocenters. The maximum absolute atomic E-state index is 12.6. The van der Waals surface area contributed by atoms with E-state index in [0.717, 1.165) is 0 Å². The van der Waals surface area contributed by atoms with Crippen LogP contribution >= 0.6 is 0 Å². The normalized spacial score (nSPS) is 18.9. The van der Waals surface area contributed by atoms with E-state index in [-0.39, 0.29) is 0 Å². The molecule has 7 heteroatoms. The fourth-order valence-corrected chi connectivity index (χ4v) is 2.08. The number of halogens is 3. The summed E-state index contributed by atoms with van der Waals surface area (Å²) in [5.74, 6) is -3.53. The van der Waals surface area contributed by atoms with Gasteiger partial charge in [-0.25, -0.2) is 0 Å². The minimum atomic E-state index is -4.42. The molecule has 0 aliphatic heterocycles. The number of hydrogen-bond donors (Lipinski definition) is 0. The molecule has 116 valence electrons. The van der Waals surface area contributed by atoms with Crippen LogP contribution in [0.3, 0.4) is 0 Å². The number of carbonyl (C=O) groups is 2. The van der Waals surface area contributed by atoms with E-state index in [1.165, 1.54) is 0 Å². The molecule has 0 unspecified atom stereocenters. The first-order valence-corrected chi connectivity index (χ1v) is 6.48. The number of carbonyl (C=O) groups excluding carboxylic acids is 2. The van der Waals surface area contributed by atoms with Gasteiger partial charge in [0.2, 0.25) is 0 Å². The second-order valence-electron chi connectivity index (χ2n) is 5.64. The third kappa shape index (κ3) is 3.43. The van der Waals surface area contributed by atoms with Gasteiger partial charge in [0.05, 0.1) is 18.1 Å². The van der Waals surface area contributed by atoms with Gasteiger partial charge < -0.3 is 9.47 Å². The van der Waals surface area contributed by atoms with E-state index in [1.54, 1.807) is 27.7 Å². The molecular weight excluding hydrogens is 277 g/mol. The quantitative estimate of drug-likeness (QED) is 0.591. The Kier molecular flexibility index (Phi) is 4.71. The first-order chi connectivity index (χ1) is 8.99. The fraction of sp³-hybridized carbons (Fsp3) is 0.846. The molecule has 0 aromatic heterocycles. The highest BCUT2D eigenvalue weighted by atomic mass is 19.4. The summed E-state index contributed by atoms with van der Waals surface area (Å²) in [5, 5.41) is 0. The predicted molar refractivity (Wildman–Crippen MR) is 63.7 cm³/mol. The Labute approximate surface area is 115 Å². The van der Waals surface area contributed by atoms with Gasteiger partial charge in [-0.05, 0) is 40.5 Å². The molecule has 1 saturated carbocycles. The van der Waals surface area contributed by atoms with Crippen LogP contribution < -0.4 is 0 Å². The summed E-state index contributed by atoms with van der Waals surface area (Å²) < 4.78 is 47.6. The van der Waals surface area contributed by atoms with Gasteiger partial charge in [-0.3, -0.25) is 9.59 Å². The summed E-state index contributed by atoms with van der Waals surface area (Å²) in [5.41, 5.74) is -1.81. The zero-order chi connectivity index (χ0) is 15.7. The van der Waals surface area contributed by atoms with Crippen molar-refractivity contribution in [3.05, 3.63) is 0 Å². The minimum Gasteiger partial charge on any atom is -0.462 e. The topological polar surface area (TPSA) is 52.6 Å². The van der Waals surface area contributed by atoms with Crippen molar-refractivity contribution in [1.82, 2.24) is 0 Å². The van der Waals surface area contributed by atoms with Crippen LogP contribution in [0.1, 0.15) is 40.5 Å². The Balaban J connectivity index is 2.88. The number of rotatable bonds is 4. The predicted octanol–water partition coefficient (Wildman–Crippen LogP) is 2.85. The van der Waals surface area contributed by atoms with Crippen LogP contribution in [0.2, 0.25) is 0 Å². The van der Waals surface area contributed by atoms with Crippen molar-refractivity contribution >= 4 is 11.9 Å². The molecule has 0 aromatic carbocycles. The van der Waals surface area contributed by atoms with Gasteiger partial charge in [0.25, 0.3) is 0 Å². The highest BCUT2D eigenvalue weighted by Gasteiger charge is 2.65. The molecule has 0 bridgehead atoms. The van der Waals surface area contributed by atoms with Gasteiger partial charge in [-0.15, -0.1) is 0 Å². The monoisotopic (exact) mass is 296 g/mol. The molecule has 0 aromatic rings. The summed E-state index contributed by atoms with van der Waals surface area (Å²) in [4.78, 5) is 23.9. The Hall–Kier alpha value is -1.27. The molecule has 20 heavy (non-hydrogen) atoms. The lowest BCUT2D eigenvalue weighted by Gasteiger charge is -2.44. The molecule has 0 heterocycles. The summed E-state index contributed by atoms with van der Waals surface area (Å²) in [6, 6.07) is 0. The van der Waals surface area contributed by atoms with E-state index in [4.69, 9.17) is 9.47 Å².